The van der Waals surface area contributed by atoms with Gasteiger partial charge >= 0.3 is 12.3 Å². The standard InChI is InChI=1S/C29H22F10O/c1-15-2-4-16(5-3-15)17-6-7-21(24(32)10-17)29(38,39)40-19-13-25(33)27(26(34)14-19)18-11-22(30)20(23(31)12-18)8-9-28(35,36)37/h6-16H,2-5H2,1H3/b9-8+. The van der Waals surface area contributed by atoms with E-state index in [1.807, 2.05) is 0 Å². The van der Waals surface area contributed by atoms with Gasteiger partial charge in [0.25, 0.3) is 0 Å². The van der Waals surface area contributed by atoms with Crippen LogP contribution < -0.4 is 4.74 Å². The summed E-state index contributed by atoms with van der Waals surface area (Å²) in [6.45, 7) is 2.10. The summed E-state index contributed by atoms with van der Waals surface area (Å²) in [6.07, 6.45) is -6.08. The molecule has 0 bridgehead atoms. The Balaban J connectivity index is 1.58. The first-order valence-corrected chi connectivity index (χ1v) is 12.3. The van der Waals surface area contributed by atoms with Gasteiger partial charge in [0, 0.05) is 23.8 Å². The van der Waals surface area contributed by atoms with E-state index < -0.39 is 75.5 Å². The fourth-order valence-electron chi connectivity index (χ4n) is 4.77. The second kappa shape index (κ2) is 11.2. The second-order valence-corrected chi connectivity index (χ2v) is 9.81. The summed E-state index contributed by atoms with van der Waals surface area (Å²) in [5.41, 5.74) is -3.49. The Morgan fingerprint density at radius 3 is 1.82 bits per heavy atom. The van der Waals surface area contributed by atoms with Crippen molar-refractivity contribution in [1.82, 2.24) is 0 Å². The number of hydrogen-bond donors (Lipinski definition) is 0. The van der Waals surface area contributed by atoms with Gasteiger partial charge < -0.3 is 4.74 Å². The third-order valence-corrected chi connectivity index (χ3v) is 6.86. The van der Waals surface area contributed by atoms with Gasteiger partial charge in [0.05, 0.1) is 11.1 Å². The molecule has 40 heavy (non-hydrogen) atoms. The third-order valence-electron chi connectivity index (χ3n) is 6.86. The van der Waals surface area contributed by atoms with Crippen LogP contribution in [0.2, 0.25) is 0 Å². The maximum atomic E-state index is 14.8. The maximum absolute atomic E-state index is 14.8. The number of allylic oxidation sites excluding steroid dienone is 1. The molecule has 0 atom stereocenters. The van der Waals surface area contributed by atoms with Gasteiger partial charge in [0.15, 0.2) is 0 Å². The van der Waals surface area contributed by atoms with Crippen LogP contribution in [0, 0.1) is 35.0 Å². The molecule has 214 valence electrons. The maximum Gasteiger partial charge on any atom is 0.429 e. The van der Waals surface area contributed by atoms with E-state index in [4.69, 9.17) is 0 Å². The van der Waals surface area contributed by atoms with Crippen LogP contribution in [0.3, 0.4) is 0 Å². The van der Waals surface area contributed by atoms with Crippen LogP contribution in [0.25, 0.3) is 17.2 Å². The van der Waals surface area contributed by atoms with Crippen molar-refractivity contribution in [2.75, 3.05) is 0 Å². The molecule has 0 aromatic heterocycles. The van der Waals surface area contributed by atoms with E-state index in [0.29, 0.717) is 35.7 Å². The zero-order valence-corrected chi connectivity index (χ0v) is 20.9. The van der Waals surface area contributed by atoms with Gasteiger partial charge in [-0.3, -0.25) is 0 Å². The van der Waals surface area contributed by atoms with Gasteiger partial charge in [0.1, 0.15) is 34.8 Å². The van der Waals surface area contributed by atoms with E-state index >= 15 is 0 Å². The zero-order valence-electron chi connectivity index (χ0n) is 20.9. The van der Waals surface area contributed by atoms with Crippen LogP contribution in [-0.4, -0.2) is 6.18 Å². The number of halogens is 10. The van der Waals surface area contributed by atoms with Gasteiger partial charge in [-0.05, 0) is 66.1 Å². The molecule has 3 aromatic rings. The van der Waals surface area contributed by atoms with E-state index in [2.05, 4.69) is 11.7 Å². The Kier molecular flexibility index (Phi) is 8.23. The van der Waals surface area contributed by atoms with Crippen molar-refractivity contribution in [3.8, 4) is 16.9 Å². The number of benzene rings is 3. The summed E-state index contributed by atoms with van der Waals surface area (Å²) < 4.78 is 144. The average Bonchev–Trinajstić information content (AvgIpc) is 2.82. The largest absolute Gasteiger partial charge is 0.429 e. The summed E-state index contributed by atoms with van der Waals surface area (Å²) in [5.74, 6) is -7.98. The van der Waals surface area contributed by atoms with Gasteiger partial charge in [-0.1, -0.05) is 25.8 Å². The minimum absolute atomic E-state index is 0.0226. The molecule has 1 aliphatic carbocycles. The van der Waals surface area contributed by atoms with E-state index in [-0.39, 0.29) is 12.0 Å². The fraction of sp³-hybridized carbons (Fsp3) is 0.310. The molecule has 1 nitrogen and oxygen atoms in total. The quantitative estimate of drug-likeness (QED) is 0.266. The number of alkyl halides is 5. The molecule has 3 aromatic carbocycles. The normalized spacial score (nSPS) is 18.4. The van der Waals surface area contributed by atoms with Crippen molar-refractivity contribution < 1.29 is 48.6 Å². The molecule has 1 aliphatic rings. The monoisotopic (exact) mass is 576 g/mol. The number of hydrogen-bond acceptors (Lipinski definition) is 1. The van der Waals surface area contributed by atoms with Crippen LogP contribution >= 0.6 is 0 Å². The van der Waals surface area contributed by atoms with E-state index in [0.717, 1.165) is 37.8 Å². The lowest BCUT2D eigenvalue weighted by atomic mass is 9.79. The Labute approximate surface area is 223 Å². The van der Waals surface area contributed by atoms with Gasteiger partial charge in [-0.15, -0.1) is 0 Å². The van der Waals surface area contributed by atoms with Crippen LogP contribution in [0.5, 0.6) is 5.75 Å². The highest BCUT2D eigenvalue weighted by Gasteiger charge is 2.38. The second-order valence-electron chi connectivity index (χ2n) is 9.81. The van der Waals surface area contributed by atoms with Gasteiger partial charge in [-0.2, -0.15) is 22.0 Å². The predicted octanol–water partition coefficient (Wildman–Crippen LogP) is 10.0. The smallest absolute Gasteiger partial charge is 0.429 e. The van der Waals surface area contributed by atoms with Crippen molar-refractivity contribution >= 4 is 6.08 Å². The molecule has 1 fully saturated rings. The highest BCUT2D eigenvalue weighted by atomic mass is 19.4. The van der Waals surface area contributed by atoms with Crippen LogP contribution in [0.15, 0.2) is 48.5 Å². The zero-order chi connectivity index (χ0) is 29.4. The molecular weight excluding hydrogens is 554 g/mol. The third kappa shape index (κ3) is 6.62. The first-order chi connectivity index (χ1) is 18.6. The van der Waals surface area contributed by atoms with Crippen molar-refractivity contribution in [3.63, 3.8) is 0 Å². The molecule has 1 saturated carbocycles. The molecule has 4 rings (SSSR count). The highest BCUT2D eigenvalue weighted by molar-refractivity contribution is 5.68. The van der Waals surface area contributed by atoms with Crippen molar-refractivity contribution in [2.45, 2.75) is 50.8 Å². The fourth-order valence-corrected chi connectivity index (χ4v) is 4.77. The summed E-state index contributed by atoms with van der Waals surface area (Å²) in [6, 6.07) is 4.61. The molecule has 0 aliphatic heterocycles. The molecule has 11 heteroatoms. The van der Waals surface area contributed by atoms with Crippen LogP contribution in [-0.2, 0) is 6.11 Å². The Morgan fingerprint density at radius 1 is 0.725 bits per heavy atom. The molecule has 0 saturated heterocycles. The van der Waals surface area contributed by atoms with Crippen molar-refractivity contribution in [1.29, 1.82) is 0 Å². The van der Waals surface area contributed by atoms with Gasteiger partial charge in [-0.25, -0.2) is 22.0 Å². The van der Waals surface area contributed by atoms with E-state index in [1.165, 1.54) is 6.07 Å². The molecule has 0 spiro atoms. The summed E-state index contributed by atoms with van der Waals surface area (Å²) in [4.78, 5) is 0. The van der Waals surface area contributed by atoms with Gasteiger partial charge in [0.2, 0.25) is 0 Å². The first-order valence-electron chi connectivity index (χ1n) is 12.3. The lowest BCUT2D eigenvalue weighted by Gasteiger charge is -2.27. The summed E-state index contributed by atoms with van der Waals surface area (Å²) >= 11 is 0. The van der Waals surface area contributed by atoms with E-state index in [9.17, 15) is 43.9 Å². The van der Waals surface area contributed by atoms with Crippen LogP contribution in [0.4, 0.5) is 43.9 Å². The SMILES string of the molecule is CC1CCC(c2ccc(C(F)(F)Oc3cc(F)c(-c4cc(F)c(/C=C/C(F)(F)F)c(F)c4)c(F)c3)c(F)c2)CC1. The molecule has 0 unspecified atom stereocenters. The summed E-state index contributed by atoms with van der Waals surface area (Å²) in [5, 5.41) is 0. The lowest BCUT2D eigenvalue weighted by Crippen LogP contribution is -2.24. The molecule has 0 radical (unpaired) electrons. The minimum atomic E-state index is -4.87. The Hall–Kier alpha value is -3.50. The predicted molar refractivity (Wildman–Crippen MR) is 128 cm³/mol. The number of ether oxygens (including phenoxy) is 1. The Morgan fingerprint density at radius 2 is 1.30 bits per heavy atom. The molecule has 0 N–H and O–H groups in total. The van der Waals surface area contributed by atoms with Crippen molar-refractivity contribution in [2.24, 2.45) is 5.92 Å². The molecular formula is C29H22F10O. The topological polar surface area (TPSA) is 9.23 Å². The minimum Gasteiger partial charge on any atom is -0.429 e. The Bertz CT molecular complexity index is 1370. The average molecular weight is 576 g/mol. The summed E-state index contributed by atoms with van der Waals surface area (Å²) in [7, 11) is 0. The highest BCUT2D eigenvalue weighted by Crippen LogP contribution is 2.40. The number of rotatable bonds is 6. The van der Waals surface area contributed by atoms with Crippen LogP contribution in [0.1, 0.15) is 55.2 Å². The first kappa shape index (κ1) is 29.5. The molecule has 0 heterocycles. The lowest BCUT2D eigenvalue weighted by molar-refractivity contribution is -0.187. The van der Waals surface area contributed by atoms with Crippen molar-refractivity contribution in [3.05, 3.63) is 94.3 Å². The van der Waals surface area contributed by atoms with E-state index in [1.54, 1.807) is 0 Å². The molecule has 0 amide bonds.